The second-order valence-corrected chi connectivity index (χ2v) is 6.53. The Kier molecular flexibility index (Phi) is 4.26. The van der Waals surface area contributed by atoms with Crippen LogP contribution in [-0.2, 0) is 14.4 Å². The minimum Gasteiger partial charge on any atom is -0.481 e. The number of carbonyl (C=O) groups is 3. The first-order valence-corrected chi connectivity index (χ1v) is 7.91. The lowest BCUT2D eigenvalue weighted by Gasteiger charge is -2.33. The van der Waals surface area contributed by atoms with E-state index < -0.39 is 11.9 Å². The first-order chi connectivity index (χ1) is 10.9. The Morgan fingerprint density at radius 1 is 1.17 bits per heavy atom. The molecule has 2 aliphatic rings. The second-order valence-electron chi connectivity index (χ2n) is 6.09. The number of carbonyl (C=O) groups excluding carboxylic acids is 2. The number of rotatable bonds is 4. The van der Waals surface area contributed by atoms with Crippen molar-refractivity contribution in [2.24, 2.45) is 11.8 Å². The average Bonchev–Trinajstić information content (AvgIpc) is 2.84. The van der Waals surface area contributed by atoms with Gasteiger partial charge >= 0.3 is 5.97 Å². The Balaban J connectivity index is 1.56. The molecule has 1 heterocycles. The van der Waals surface area contributed by atoms with Crippen molar-refractivity contribution in [3.63, 3.8) is 0 Å². The van der Waals surface area contributed by atoms with Gasteiger partial charge in [-0.3, -0.25) is 14.4 Å². The topological polar surface area (TPSA) is 86.7 Å². The van der Waals surface area contributed by atoms with Crippen molar-refractivity contribution in [3.8, 4) is 0 Å². The molecule has 1 atom stereocenters. The maximum Gasteiger partial charge on any atom is 0.306 e. The summed E-state index contributed by atoms with van der Waals surface area (Å²) in [7, 11) is 0. The van der Waals surface area contributed by atoms with Gasteiger partial charge in [-0.05, 0) is 37.1 Å². The number of anilines is 1. The van der Waals surface area contributed by atoms with E-state index in [1.54, 1.807) is 29.2 Å². The highest BCUT2D eigenvalue weighted by Gasteiger charge is 2.39. The summed E-state index contributed by atoms with van der Waals surface area (Å²) in [6.07, 6.45) is 1.09. The fraction of sp³-hybridized carbons (Fsp3) is 0.438. The maximum absolute atomic E-state index is 12.2. The number of nitrogens with one attached hydrogen (secondary N) is 1. The highest BCUT2D eigenvalue weighted by molar-refractivity contribution is 6.30. The Hall–Kier alpha value is -2.08. The van der Waals surface area contributed by atoms with Crippen LogP contribution in [0.25, 0.3) is 0 Å². The maximum atomic E-state index is 12.2. The lowest BCUT2D eigenvalue weighted by atomic mass is 9.80. The minimum absolute atomic E-state index is 0.0931. The van der Waals surface area contributed by atoms with E-state index in [-0.39, 0.29) is 30.2 Å². The van der Waals surface area contributed by atoms with Crippen LogP contribution in [0.4, 0.5) is 5.69 Å². The van der Waals surface area contributed by atoms with Gasteiger partial charge in [0.25, 0.3) is 0 Å². The van der Waals surface area contributed by atoms with Crippen molar-refractivity contribution < 1.29 is 19.5 Å². The fourth-order valence-corrected chi connectivity index (χ4v) is 3.14. The summed E-state index contributed by atoms with van der Waals surface area (Å²) in [5.41, 5.74) is 0.726. The largest absolute Gasteiger partial charge is 0.481 e. The van der Waals surface area contributed by atoms with Crippen molar-refractivity contribution in [3.05, 3.63) is 29.3 Å². The molecule has 7 heteroatoms. The highest BCUT2D eigenvalue weighted by Crippen LogP contribution is 2.30. The van der Waals surface area contributed by atoms with Crippen molar-refractivity contribution >= 4 is 35.1 Å². The van der Waals surface area contributed by atoms with Gasteiger partial charge in [0.2, 0.25) is 11.8 Å². The van der Waals surface area contributed by atoms with E-state index in [0.717, 1.165) is 5.69 Å². The monoisotopic (exact) mass is 336 g/mol. The molecule has 1 saturated heterocycles. The van der Waals surface area contributed by atoms with Gasteiger partial charge in [0.05, 0.1) is 11.8 Å². The summed E-state index contributed by atoms with van der Waals surface area (Å²) in [6, 6.07) is 6.83. The first kappa shape index (κ1) is 15.8. The molecular weight excluding hydrogens is 320 g/mol. The number of carboxylic acids is 1. The third kappa shape index (κ3) is 3.32. The summed E-state index contributed by atoms with van der Waals surface area (Å²) in [5, 5.41) is 12.3. The van der Waals surface area contributed by atoms with Gasteiger partial charge in [0, 0.05) is 29.7 Å². The van der Waals surface area contributed by atoms with Crippen molar-refractivity contribution in [1.82, 2.24) is 5.32 Å². The Morgan fingerprint density at radius 2 is 1.83 bits per heavy atom. The average molecular weight is 337 g/mol. The van der Waals surface area contributed by atoms with E-state index in [0.29, 0.717) is 24.4 Å². The van der Waals surface area contributed by atoms with Crippen LogP contribution in [-0.4, -0.2) is 35.5 Å². The SMILES string of the molecule is O=C(O)C1CC(NC(=O)C2CC(=O)N(c3ccc(Cl)cc3)C2)C1. The molecule has 1 unspecified atom stereocenters. The molecular formula is C16H17ClN2O4. The molecule has 2 fully saturated rings. The molecule has 1 aliphatic heterocycles. The van der Waals surface area contributed by atoms with Gasteiger partial charge in [-0.1, -0.05) is 11.6 Å². The molecule has 1 saturated carbocycles. The van der Waals surface area contributed by atoms with E-state index in [4.69, 9.17) is 16.7 Å². The number of benzene rings is 1. The van der Waals surface area contributed by atoms with Gasteiger partial charge in [0.1, 0.15) is 0 Å². The summed E-state index contributed by atoms with van der Waals surface area (Å²) in [4.78, 5) is 36.7. The van der Waals surface area contributed by atoms with Crippen LogP contribution in [0.2, 0.25) is 5.02 Å². The number of aliphatic carboxylic acids is 1. The van der Waals surface area contributed by atoms with Crippen LogP contribution < -0.4 is 10.2 Å². The number of nitrogens with zero attached hydrogens (tertiary/aromatic N) is 1. The molecule has 23 heavy (non-hydrogen) atoms. The molecule has 3 rings (SSSR count). The van der Waals surface area contributed by atoms with E-state index in [2.05, 4.69) is 5.32 Å². The molecule has 0 aromatic heterocycles. The lowest BCUT2D eigenvalue weighted by Crippen LogP contribution is -2.48. The van der Waals surface area contributed by atoms with Crippen LogP contribution >= 0.6 is 11.6 Å². The summed E-state index contributed by atoms with van der Waals surface area (Å²) >= 11 is 5.84. The van der Waals surface area contributed by atoms with Crippen LogP contribution in [0.5, 0.6) is 0 Å². The van der Waals surface area contributed by atoms with E-state index in [9.17, 15) is 14.4 Å². The summed E-state index contributed by atoms with van der Waals surface area (Å²) < 4.78 is 0. The van der Waals surface area contributed by atoms with Gasteiger partial charge in [-0.25, -0.2) is 0 Å². The number of hydrogen-bond acceptors (Lipinski definition) is 3. The summed E-state index contributed by atoms with van der Waals surface area (Å²) in [6.45, 7) is 0.335. The lowest BCUT2D eigenvalue weighted by molar-refractivity contribution is -0.146. The Labute approximate surface area is 138 Å². The van der Waals surface area contributed by atoms with Gasteiger partial charge in [0.15, 0.2) is 0 Å². The molecule has 6 nitrogen and oxygen atoms in total. The van der Waals surface area contributed by atoms with Crippen LogP contribution in [0, 0.1) is 11.8 Å². The fourth-order valence-electron chi connectivity index (χ4n) is 3.01. The third-order valence-corrected chi connectivity index (χ3v) is 4.72. The predicted molar refractivity (Wildman–Crippen MR) is 84.2 cm³/mol. The van der Waals surface area contributed by atoms with Crippen LogP contribution in [0.3, 0.4) is 0 Å². The number of amides is 2. The zero-order valence-corrected chi connectivity index (χ0v) is 13.1. The van der Waals surface area contributed by atoms with Crippen molar-refractivity contribution in [2.45, 2.75) is 25.3 Å². The van der Waals surface area contributed by atoms with Crippen molar-refractivity contribution in [1.29, 1.82) is 0 Å². The first-order valence-electron chi connectivity index (χ1n) is 7.53. The Bertz CT molecular complexity index is 640. The van der Waals surface area contributed by atoms with E-state index in [1.807, 2.05) is 0 Å². The Morgan fingerprint density at radius 3 is 2.43 bits per heavy atom. The van der Waals surface area contributed by atoms with Gasteiger partial charge in [-0.15, -0.1) is 0 Å². The molecule has 1 aliphatic carbocycles. The van der Waals surface area contributed by atoms with E-state index in [1.165, 1.54) is 0 Å². The standard InChI is InChI=1S/C16H17ClN2O4/c17-11-1-3-13(4-2-11)19-8-10(7-14(19)20)15(21)18-12-5-9(6-12)16(22)23/h1-4,9-10,12H,5-8H2,(H,18,21)(H,22,23). The molecule has 0 bridgehead atoms. The van der Waals surface area contributed by atoms with Gasteiger partial charge in [-0.2, -0.15) is 0 Å². The van der Waals surface area contributed by atoms with Crippen LogP contribution in [0.15, 0.2) is 24.3 Å². The zero-order chi connectivity index (χ0) is 16.6. The number of hydrogen-bond donors (Lipinski definition) is 2. The number of halogens is 1. The van der Waals surface area contributed by atoms with Crippen LogP contribution in [0.1, 0.15) is 19.3 Å². The number of carboxylic acid groups (broad SMARTS) is 1. The molecule has 1 aromatic rings. The predicted octanol–water partition coefficient (Wildman–Crippen LogP) is 1.67. The normalized spacial score (nSPS) is 26.7. The third-order valence-electron chi connectivity index (χ3n) is 4.47. The molecule has 122 valence electrons. The van der Waals surface area contributed by atoms with E-state index >= 15 is 0 Å². The molecule has 2 amide bonds. The highest BCUT2D eigenvalue weighted by atomic mass is 35.5. The van der Waals surface area contributed by atoms with Gasteiger partial charge < -0.3 is 15.3 Å². The second kappa shape index (κ2) is 6.20. The molecule has 2 N–H and O–H groups in total. The smallest absolute Gasteiger partial charge is 0.306 e. The summed E-state index contributed by atoms with van der Waals surface area (Å²) in [5.74, 6) is -1.85. The molecule has 1 aromatic carbocycles. The molecule has 0 spiro atoms. The minimum atomic E-state index is -0.819. The molecule has 0 radical (unpaired) electrons. The quantitative estimate of drug-likeness (QED) is 0.875. The van der Waals surface area contributed by atoms with Crippen molar-refractivity contribution in [2.75, 3.05) is 11.4 Å². The zero-order valence-electron chi connectivity index (χ0n) is 12.4.